The fourth-order valence-corrected chi connectivity index (χ4v) is 3.06. The van der Waals surface area contributed by atoms with E-state index in [-0.39, 0.29) is 48.1 Å². The number of benzene rings is 2. The highest BCUT2D eigenvalue weighted by molar-refractivity contribution is 14.0. The molecule has 0 saturated carbocycles. The fourth-order valence-electron chi connectivity index (χ4n) is 3.06. The number of phenols is 1. The SMILES string of the molecule is CCNC(=NCc1ccc(O)c(F)c1)NCC1CC(=O)Nc2ccccc21.I. The van der Waals surface area contributed by atoms with Crippen molar-refractivity contribution in [1.82, 2.24) is 10.6 Å². The number of fused-ring (bicyclic) bond motifs is 1. The van der Waals surface area contributed by atoms with Gasteiger partial charge in [0.25, 0.3) is 0 Å². The standard InChI is InChI=1S/C20H23FN4O2.HI/c1-2-22-20(23-11-13-7-8-18(26)16(21)9-13)24-12-14-10-19(27)25-17-6-4-3-5-15(14)17;/h3-9,14,26H,2,10-12H2,1H3,(H,25,27)(H2,22,23,24);1H. The fraction of sp³-hybridized carbons (Fsp3) is 0.300. The molecule has 2 aromatic carbocycles. The van der Waals surface area contributed by atoms with E-state index in [1.807, 2.05) is 31.2 Å². The number of phenolic OH excluding ortho intramolecular Hbond substituents is 1. The number of halogens is 2. The second kappa shape index (κ2) is 10.3. The number of guanidine groups is 1. The Labute approximate surface area is 180 Å². The predicted molar refractivity (Wildman–Crippen MR) is 119 cm³/mol. The highest BCUT2D eigenvalue weighted by atomic mass is 127. The molecule has 6 nitrogen and oxygen atoms in total. The first-order valence-corrected chi connectivity index (χ1v) is 8.95. The number of carbonyl (C=O) groups is 1. The van der Waals surface area contributed by atoms with Crippen LogP contribution >= 0.6 is 24.0 Å². The molecule has 0 aromatic heterocycles. The lowest BCUT2D eigenvalue weighted by Crippen LogP contribution is -2.40. The van der Waals surface area contributed by atoms with Gasteiger partial charge in [0.2, 0.25) is 5.91 Å². The highest BCUT2D eigenvalue weighted by Crippen LogP contribution is 2.31. The number of amides is 1. The molecule has 0 radical (unpaired) electrons. The van der Waals surface area contributed by atoms with Crippen molar-refractivity contribution in [2.24, 2.45) is 4.99 Å². The number of rotatable bonds is 5. The first-order valence-electron chi connectivity index (χ1n) is 8.95. The zero-order valence-electron chi connectivity index (χ0n) is 15.5. The summed E-state index contributed by atoms with van der Waals surface area (Å²) in [6.45, 7) is 3.47. The van der Waals surface area contributed by atoms with E-state index >= 15 is 0 Å². The molecule has 0 fully saturated rings. The van der Waals surface area contributed by atoms with Crippen LogP contribution in [0.4, 0.5) is 10.1 Å². The van der Waals surface area contributed by atoms with Gasteiger partial charge in [0, 0.05) is 31.1 Å². The summed E-state index contributed by atoms with van der Waals surface area (Å²) in [5.41, 5.74) is 2.60. The monoisotopic (exact) mass is 498 g/mol. The maximum Gasteiger partial charge on any atom is 0.225 e. The average molecular weight is 498 g/mol. The van der Waals surface area contributed by atoms with Crippen molar-refractivity contribution < 1.29 is 14.3 Å². The molecular formula is C20H24FIN4O2. The first kappa shape index (κ1) is 21.9. The Morgan fingerprint density at radius 1 is 1.29 bits per heavy atom. The third-order valence-corrected chi connectivity index (χ3v) is 4.40. The van der Waals surface area contributed by atoms with Crippen molar-refractivity contribution in [3.63, 3.8) is 0 Å². The van der Waals surface area contributed by atoms with Gasteiger partial charge in [0.1, 0.15) is 0 Å². The van der Waals surface area contributed by atoms with Gasteiger partial charge >= 0.3 is 0 Å². The number of aromatic hydroxyl groups is 1. The number of para-hydroxylation sites is 1. The summed E-state index contributed by atoms with van der Waals surface area (Å²) in [6.07, 6.45) is 0.409. The normalized spacial score (nSPS) is 15.9. The van der Waals surface area contributed by atoms with Gasteiger partial charge in [0.05, 0.1) is 6.54 Å². The summed E-state index contributed by atoms with van der Waals surface area (Å²) in [5, 5.41) is 18.6. The third-order valence-electron chi connectivity index (χ3n) is 4.40. The summed E-state index contributed by atoms with van der Waals surface area (Å²) in [4.78, 5) is 16.4. The second-order valence-corrected chi connectivity index (χ2v) is 6.40. The van der Waals surface area contributed by atoms with Gasteiger partial charge in [-0.2, -0.15) is 0 Å². The molecule has 0 aliphatic carbocycles. The molecule has 1 aliphatic rings. The summed E-state index contributed by atoms with van der Waals surface area (Å²) in [7, 11) is 0. The van der Waals surface area contributed by atoms with Crippen molar-refractivity contribution >= 4 is 41.5 Å². The van der Waals surface area contributed by atoms with Gasteiger partial charge in [-0.15, -0.1) is 24.0 Å². The second-order valence-electron chi connectivity index (χ2n) is 6.40. The molecule has 3 rings (SSSR count). The minimum Gasteiger partial charge on any atom is -0.505 e. The van der Waals surface area contributed by atoms with Crippen LogP contribution in [0.25, 0.3) is 0 Å². The zero-order valence-corrected chi connectivity index (χ0v) is 17.9. The Kier molecular flexibility index (Phi) is 8.04. The van der Waals surface area contributed by atoms with Crippen LogP contribution in [0, 0.1) is 5.82 Å². The Bertz CT molecular complexity index is 860. The summed E-state index contributed by atoms with van der Waals surface area (Å²) < 4.78 is 13.5. The Morgan fingerprint density at radius 2 is 2.07 bits per heavy atom. The minimum absolute atomic E-state index is 0. The van der Waals surface area contributed by atoms with Gasteiger partial charge in [-0.05, 0) is 36.2 Å². The number of hydrogen-bond acceptors (Lipinski definition) is 3. The maximum atomic E-state index is 13.5. The summed E-state index contributed by atoms with van der Waals surface area (Å²) >= 11 is 0. The third kappa shape index (κ3) is 5.57. The van der Waals surface area contributed by atoms with E-state index in [1.165, 1.54) is 12.1 Å². The van der Waals surface area contributed by atoms with Crippen LogP contribution in [0.3, 0.4) is 0 Å². The molecule has 1 aliphatic heterocycles. The molecule has 1 unspecified atom stereocenters. The van der Waals surface area contributed by atoms with Gasteiger partial charge < -0.3 is 21.1 Å². The van der Waals surface area contributed by atoms with Crippen LogP contribution in [0.5, 0.6) is 5.75 Å². The van der Waals surface area contributed by atoms with Crippen molar-refractivity contribution in [1.29, 1.82) is 0 Å². The molecule has 150 valence electrons. The smallest absolute Gasteiger partial charge is 0.225 e. The van der Waals surface area contributed by atoms with Gasteiger partial charge in [-0.3, -0.25) is 4.79 Å². The molecule has 0 bridgehead atoms. The molecule has 1 atom stereocenters. The minimum atomic E-state index is -0.662. The van der Waals surface area contributed by atoms with Crippen molar-refractivity contribution in [2.45, 2.75) is 25.8 Å². The van der Waals surface area contributed by atoms with Crippen molar-refractivity contribution in [3.8, 4) is 5.75 Å². The Balaban J connectivity index is 0.00000280. The van der Waals surface area contributed by atoms with E-state index in [4.69, 9.17) is 0 Å². The van der Waals surface area contributed by atoms with Gasteiger partial charge in [0.15, 0.2) is 17.5 Å². The van der Waals surface area contributed by atoms with Crippen LogP contribution in [-0.4, -0.2) is 30.1 Å². The lowest BCUT2D eigenvalue weighted by atomic mass is 9.90. The lowest BCUT2D eigenvalue weighted by molar-refractivity contribution is -0.116. The molecular weight excluding hydrogens is 474 g/mol. The number of hydrogen-bond donors (Lipinski definition) is 4. The van der Waals surface area contributed by atoms with Gasteiger partial charge in [-0.25, -0.2) is 9.38 Å². The Morgan fingerprint density at radius 3 is 2.82 bits per heavy atom. The van der Waals surface area contributed by atoms with E-state index in [1.54, 1.807) is 6.07 Å². The van der Waals surface area contributed by atoms with Crippen LogP contribution < -0.4 is 16.0 Å². The Hall–Kier alpha value is -2.36. The van der Waals surface area contributed by atoms with E-state index in [9.17, 15) is 14.3 Å². The van der Waals surface area contributed by atoms with E-state index in [0.717, 1.165) is 11.3 Å². The first-order chi connectivity index (χ1) is 13.1. The summed E-state index contributed by atoms with van der Waals surface area (Å²) in [6, 6.07) is 12.0. The zero-order chi connectivity index (χ0) is 19.2. The topological polar surface area (TPSA) is 85.8 Å². The van der Waals surface area contributed by atoms with Crippen LogP contribution in [0.2, 0.25) is 0 Å². The molecule has 4 N–H and O–H groups in total. The largest absolute Gasteiger partial charge is 0.505 e. The molecule has 8 heteroatoms. The molecule has 1 amide bonds. The molecule has 28 heavy (non-hydrogen) atoms. The lowest BCUT2D eigenvalue weighted by Gasteiger charge is -2.26. The molecule has 1 heterocycles. The maximum absolute atomic E-state index is 13.5. The van der Waals surface area contributed by atoms with Crippen LogP contribution in [-0.2, 0) is 11.3 Å². The van der Waals surface area contributed by atoms with Gasteiger partial charge in [-0.1, -0.05) is 24.3 Å². The quantitative estimate of drug-likeness (QED) is 0.290. The van der Waals surface area contributed by atoms with Crippen LogP contribution in [0.1, 0.15) is 30.4 Å². The summed E-state index contributed by atoms with van der Waals surface area (Å²) in [5.74, 6) is -0.395. The predicted octanol–water partition coefficient (Wildman–Crippen LogP) is 3.33. The average Bonchev–Trinajstić information content (AvgIpc) is 2.66. The van der Waals surface area contributed by atoms with Crippen LogP contribution in [0.15, 0.2) is 47.5 Å². The van der Waals surface area contributed by atoms with E-state index in [0.29, 0.717) is 31.0 Å². The molecule has 0 spiro atoms. The number of carbonyl (C=O) groups excluding carboxylic acids is 1. The van der Waals surface area contributed by atoms with Crippen molar-refractivity contribution in [2.75, 3.05) is 18.4 Å². The van der Waals surface area contributed by atoms with E-state index < -0.39 is 5.82 Å². The molecule has 0 saturated heterocycles. The number of nitrogens with one attached hydrogen (secondary N) is 3. The number of nitrogens with zero attached hydrogens (tertiary/aromatic N) is 1. The molecule has 2 aromatic rings. The number of anilines is 1. The van der Waals surface area contributed by atoms with Crippen molar-refractivity contribution in [3.05, 3.63) is 59.4 Å². The number of aliphatic imine (C=N–C) groups is 1. The van der Waals surface area contributed by atoms with E-state index in [2.05, 4.69) is 20.9 Å². The highest BCUT2D eigenvalue weighted by Gasteiger charge is 2.24.